The third-order valence-electron chi connectivity index (χ3n) is 3.94. The number of ketones is 1. The lowest BCUT2D eigenvalue weighted by molar-refractivity contribution is -0.129. The van der Waals surface area contributed by atoms with Crippen molar-refractivity contribution in [2.45, 2.75) is 6.92 Å². The van der Waals surface area contributed by atoms with Crippen LogP contribution in [0.5, 0.6) is 0 Å². The smallest absolute Gasteiger partial charge is 0.244 e. The zero-order chi connectivity index (χ0) is 18.5. The number of amides is 2. The van der Waals surface area contributed by atoms with E-state index in [0.29, 0.717) is 17.0 Å². The van der Waals surface area contributed by atoms with Crippen LogP contribution in [0.3, 0.4) is 0 Å². The van der Waals surface area contributed by atoms with Gasteiger partial charge in [-0.25, -0.2) is 0 Å². The molecular formula is C20H18N2O3S. The monoisotopic (exact) mass is 366 g/mol. The molecule has 0 unspecified atom stereocenters. The summed E-state index contributed by atoms with van der Waals surface area (Å²) in [6, 6.07) is 16.2. The first-order valence-electron chi connectivity index (χ1n) is 8.13. The second-order valence-electron chi connectivity index (χ2n) is 5.84. The summed E-state index contributed by atoms with van der Waals surface area (Å²) >= 11 is 1.43. The summed E-state index contributed by atoms with van der Waals surface area (Å²) in [7, 11) is 0. The lowest BCUT2D eigenvalue weighted by atomic mass is 10.1. The lowest BCUT2D eigenvalue weighted by Crippen LogP contribution is -2.39. The molecular weight excluding hydrogens is 348 g/mol. The zero-order valence-electron chi connectivity index (χ0n) is 14.3. The number of rotatable bonds is 5. The predicted octanol–water partition coefficient (Wildman–Crippen LogP) is 3.40. The Kier molecular flexibility index (Phi) is 5.53. The molecule has 0 fully saturated rings. The van der Waals surface area contributed by atoms with Crippen molar-refractivity contribution in [1.82, 2.24) is 4.90 Å². The highest BCUT2D eigenvalue weighted by atomic mass is 32.2. The van der Waals surface area contributed by atoms with Gasteiger partial charge < -0.3 is 10.2 Å². The maximum atomic E-state index is 12.4. The second kappa shape index (κ2) is 8.01. The van der Waals surface area contributed by atoms with E-state index in [-0.39, 0.29) is 24.1 Å². The van der Waals surface area contributed by atoms with Crippen LogP contribution < -0.4 is 5.32 Å². The maximum absolute atomic E-state index is 12.4. The third kappa shape index (κ3) is 4.21. The minimum absolute atomic E-state index is 0.0306. The van der Waals surface area contributed by atoms with Crippen molar-refractivity contribution in [2.24, 2.45) is 0 Å². The number of benzene rings is 2. The van der Waals surface area contributed by atoms with Crippen LogP contribution in [0.2, 0.25) is 0 Å². The molecule has 26 heavy (non-hydrogen) atoms. The van der Waals surface area contributed by atoms with Gasteiger partial charge in [-0.3, -0.25) is 14.4 Å². The van der Waals surface area contributed by atoms with E-state index in [1.165, 1.54) is 23.6 Å². The molecule has 1 aliphatic rings. The van der Waals surface area contributed by atoms with Gasteiger partial charge in [0, 0.05) is 11.3 Å². The van der Waals surface area contributed by atoms with Crippen molar-refractivity contribution in [1.29, 1.82) is 0 Å². The van der Waals surface area contributed by atoms with E-state index in [1.807, 2.05) is 35.7 Å². The summed E-state index contributed by atoms with van der Waals surface area (Å²) in [5.41, 5.74) is 2.80. The van der Waals surface area contributed by atoms with Gasteiger partial charge in [0.1, 0.15) is 6.54 Å². The minimum atomic E-state index is -0.289. The van der Waals surface area contributed by atoms with Crippen LogP contribution in [0.25, 0.3) is 5.70 Å². The highest BCUT2D eigenvalue weighted by Crippen LogP contribution is 2.28. The first kappa shape index (κ1) is 17.9. The Morgan fingerprint density at radius 1 is 1.08 bits per heavy atom. The average molecular weight is 366 g/mol. The van der Waals surface area contributed by atoms with Crippen LogP contribution in [-0.2, 0) is 9.59 Å². The molecule has 0 spiro atoms. The molecule has 132 valence electrons. The highest BCUT2D eigenvalue weighted by Gasteiger charge is 2.25. The fourth-order valence-electron chi connectivity index (χ4n) is 2.61. The van der Waals surface area contributed by atoms with E-state index in [2.05, 4.69) is 5.32 Å². The summed E-state index contributed by atoms with van der Waals surface area (Å²) < 4.78 is 0. The Bertz CT molecular complexity index is 860. The Morgan fingerprint density at radius 3 is 2.42 bits per heavy atom. The average Bonchev–Trinajstić information content (AvgIpc) is 2.64. The van der Waals surface area contributed by atoms with Crippen molar-refractivity contribution < 1.29 is 14.4 Å². The Balaban J connectivity index is 1.72. The number of Topliss-reactive ketones (excluding diaryl/α,β-unsaturated/α-hetero) is 1. The van der Waals surface area contributed by atoms with Crippen LogP contribution in [0.15, 0.2) is 60.0 Å². The number of nitrogens with one attached hydrogen (secondary N) is 1. The molecule has 5 nitrogen and oxygen atoms in total. The third-order valence-corrected chi connectivity index (χ3v) is 4.74. The van der Waals surface area contributed by atoms with Gasteiger partial charge in [0.15, 0.2) is 5.78 Å². The summed E-state index contributed by atoms with van der Waals surface area (Å²) in [6.07, 6.45) is 0. The number of hydrogen-bond acceptors (Lipinski definition) is 4. The number of thioether (sulfide) groups is 1. The van der Waals surface area contributed by atoms with E-state index in [9.17, 15) is 14.4 Å². The standard InChI is InChI=1S/C20H18N2O3S/c1-14(23)15-7-9-17(10-8-15)21-19(24)11-22-18(12-26-13-20(22)25)16-5-3-2-4-6-16/h2-10,12H,11,13H2,1H3,(H,21,24). The van der Waals surface area contributed by atoms with E-state index in [0.717, 1.165) is 11.3 Å². The normalized spacial score (nSPS) is 14.0. The summed E-state index contributed by atoms with van der Waals surface area (Å²) in [6.45, 7) is 1.43. The topological polar surface area (TPSA) is 66.5 Å². The van der Waals surface area contributed by atoms with Crippen molar-refractivity contribution in [3.63, 3.8) is 0 Å². The summed E-state index contributed by atoms with van der Waals surface area (Å²) in [5.74, 6) is -0.102. The molecule has 0 bridgehead atoms. The van der Waals surface area contributed by atoms with Crippen LogP contribution in [-0.4, -0.2) is 34.8 Å². The van der Waals surface area contributed by atoms with Crippen molar-refractivity contribution in [3.8, 4) is 0 Å². The quantitative estimate of drug-likeness (QED) is 0.824. The van der Waals surface area contributed by atoms with Crippen LogP contribution in [0, 0.1) is 0 Å². The summed E-state index contributed by atoms with van der Waals surface area (Å²) in [5, 5.41) is 4.68. The van der Waals surface area contributed by atoms with E-state index < -0.39 is 0 Å². The van der Waals surface area contributed by atoms with Crippen molar-refractivity contribution in [3.05, 3.63) is 71.1 Å². The molecule has 2 aromatic carbocycles. The fourth-order valence-corrected chi connectivity index (χ4v) is 3.41. The summed E-state index contributed by atoms with van der Waals surface area (Å²) in [4.78, 5) is 37.6. The first-order valence-corrected chi connectivity index (χ1v) is 9.18. The Labute approximate surface area is 156 Å². The van der Waals surface area contributed by atoms with Crippen molar-refractivity contribution >= 4 is 40.7 Å². The predicted molar refractivity (Wildman–Crippen MR) is 104 cm³/mol. The molecule has 0 saturated carbocycles. The zero-order valence-corrected chi connectivity index (χ0v) is 15.1. The van der Waals surface area contributed by atoms with Gasteiger partial charge in [0.25, 0.3) is 0 Å². The molecule has 6 heteroatoms. The SMILES string of the molecule is CC(=O)c1ccc(NC(=O)CN2C(=O)CSC=C2c2ccccc2)cc1. The Morgan fingerprint density at radius 2 is 1.77 bits per heavy atom. The maximum Gasteiger partial charge on any atom is 0.244 e. The highest BCUT2D eigenvalue weighted by molar-refractivity contribution is 8.03. The molecule has 0 aromatic heterocycles. The van der Waals surface area contributed by atoms with Crippen molar-refractivity contribution in [2.75, 3.05) is 17.6 Å². The second-order valence-corrected chi connectivity index (χ2v) is 6.70. The Hall–Kier alpha value is -2.86. The van der Waals surface area contributed by atoms with Gasteiger partial charge in [0.2, 0.25) is 11.8 Å². The number of nitrogens with zero attached hydrogens (tertiary/aromatic N) is 1. The van der Waals surface area contributed by atoms with Crippen LogP contribution >= 0.6 is 11.8 Å². The van der Waals surface area contributed by atoms with Gasteiger partial charge in [-0.05, 0) is 42.2 Å². The van der Waals surface area contributed by atoms with Crippen LogP contribution in [0.1, 0.15) is 22.8 Å². The molecule has 0 saturated heterocycles. The molecule has 2 aromatic rings. The number of anilines is 1. The van der Waals surface area contributed by atoms with Gasteiger partial charge in [-0.1, -0.05) is 30.3 Å². The van der Waals surface area contributed by atoms with Crippen LogP contribution in [0.4, 0.5) is 5.69 Å². The molecule has 1 N–H and O–H groups in total. The fraction of sp³-hybridized carbons (Fsp3) is 0.150. The molecule has 1 aliphatic heterocycles. The van der Waals surface area contributed by atoms with E-state index in [4.69, 9.17) is 0 Å². The number of carbonyl (C=O) groups is 3. The number of carbonyl (C=O) groups excluding carboxylic acids is 3. The largest absolute Gasteiger partial charge is 0.325 e. The van der Waals surface area contributed by atoms with Gasteiger partial charge in [-0.2, -0.15) is 0 Å². The lowest BCUT2D eigenvalue weighted by Gasteiger charge is -2.28. The first-order chi connectivity index (χ1) is 12.5. The molecule has 2 amide bonds. The minimum Gasteiger partial charge on any atom is -0.325 e. The van der Waals surface area contributed by atoms with Gasteiger partial charge >= 0.3 is 0 Å². The molecule has 3 rings (SSSR count). The molecule has 0 aliphatic carbocycles. The molecule has 1 heterocycles. The van der Waals surface area contributed by atoms with E-state index in [1.54, 1.807) is 24.3 Å². The van der Waals surface area contributed by atoms with E-state index >= 15 is 0 Å². The van der Waals surface area contributed by atoms with Gasteiger partial charge in [0.05, 0.1) is 11.4 Å². The van der Waals surface area contributed by atoms with Gasteiger partial charge in [-0.15, -0.1) is 11.8 Å². The molecule has 0 radical (unpaired) electrons. The number of hydrogen-bond donors (Lipinski definition) is 1. The molecule has 0 atom stereocenters.